The zero-order valence-corrected chi connectivity index (χ0v) is 15.8. The van der Waals surface area contributed by atoms with Gasteiger partial charge in [0.25, 0.3) is 0 Å². The molecule has 26 heavy (non-hydrogen) atoms. The van der Waals surface area contributed by atoms with Crippen molar-refractivity contribution >= 4 is 23.7 Å². The third-order valence-electron chi connectivity index (χ3n) is 4.80. The molecular weight excluding hydrogens is 328 g/mol. The maximum Gasteiger partial charge on any atom is 0.246 e. The van der Waals surface area contributed by atoms with Crippen molar-refractivity contribution in [3.8, 4) is 0 Å². The number of nitrogens with one attached hydrogen (secondary N) is 1. The van der Waals surface area contributed by atoms with Crippen LogP contribution in [0.25, 0.3) is 6.08 Å². The number of ketones is 1. The van der Waals surface area contributed by atoms with Crippen LogP contribution in [0.1, 0.15) is 39.2 Å². The first kappa shape index (κ1) is 19.9. The molecule has 0 bridgehead atoms. The van der Waals surface area contributed by atoms with Gasteiger partial charge in [-0.05, 0) is 37.3 Å². The lowest BCUT2D eigenvalue weighted by atomic mass is 9.93. The Morgan fingerprint density at radius 2 is 1.73 bits per heavy atom. The Morgan fingerprint density at radius 3 is 2.27 bits per heavy atom. The minimum atomic E-state index is -0.434. The van der Waals surface area contributed by atoms with Crippen LogP contribution >= 0.6 is 0 Å². The lowest BCUT2D eigenvalue weighted by Crippen LogP contribution is -2.48. The number of nitrogens with zero attached hydrogens (tertiary/aromatic N) is 1. The molecule has 2 amide bonds. The monoisotopic (exact) mass is 356 g/mol. The average molecular weight is 356 g/mol. The number of rotatable bonds is 6. The third-order valence-corrected chi connectivity index (χ3v) is 4.80. The zero-order valence-electron chi connectivity index (χ0n) is 15.8. The summed E-state index contributed by atoms with van der Waals surface area (Å²) in [5, 5.41) is 2.87. The van der Waals surface area contributed by atoms with Crippen LogP contribution in [-0.4, -0.2) is 41.6 Å². The first-order chi connectivity index (χ1) is 12.4. The van der Waals surface area contributed by atoms with E-state index >= 15 is 0 Å². The standard InChI is InChI=1S/C21H28N2O3/c1-15(2)20(16(3)24)22-21(26)18-11-13-23(14-12-18)19(25)10-9-17-7-5-4-6-8-17/h4-10,15,18,20H,11-14H2,1-3H3,(H,22,26)/b10-9+. The first-order valence-electron chi connectivity index (χ1n) is 9.21. The van der Waals surface area contributed by atoms with Gasteiger partial charge >= 0.3 is 0 Å². The lowest BCUT2D eigenvalue weighted by molar-refractivity contribution is -0.134. The lowest BCUT2D eigenvalue weighted by Gasteiger charge is -2.31. The second-order valence-corrected chi connectivity index (χ2v) is 7.18. The SMILES string of the molecule is CC(=O)C(NC(=O)C1CCN(C(=O)/C=C/c2ccccc2)CC1)C(C)C. The molecule has 2 rings (SSSR count). The Bertz CT molecular complexity index is 659. The Balaban J connectivity index is 1.84. The van der Waals surface area contributed by atoms with E-state index in [0.717, 1.165) is 5.56 Å². The number of carbonyl (C=O) groups excluding carboxylic acids is 3. The van der Waals surface area contributed by atoms with Crippen molar-refractivity contribution in [1.29, 1.82) is 0 Å². The highest BCUT2D eigenvalue weighted by Crippen LogP contribution is 2.19. The molecule has 5 heteroatoms. The van der Waals surface area contributed by atoms with E-state index in [2.05, 4.69) is 5.32 Å². The van der Waals surface area contributed by atoms with Crippen LogP contribution in [0.5, 0.6) is 0 Å². The molecule has 1 atom stereocenters. The van der Waals surface area contributed by atoms with Gasteiger partial charge in [0.05, 0.1) is 6.04 Å². The van der Waals surface area contributed by atoms with Gasteiger partial charge in [0, 0.05) is 25.1 Å². The van der Waals surface area contributed by atoms with E-state index in [9.17, 15) is 14.4 Å². The molecule has 0 radical (unpaired) electrons. The minimum Gasteiger partial charge on any atom is -0.346 e. The van der Waals surface area contributed by atoms with Gasteiger partial charge in [-0.25, -0.2) is 0 Å². The normalized spacial score (nSPS) is 16.7. The molecule has 0 aliphatic carbocycles. The molecule has 0 aromatic heterocycles. The summed E-state index contributed by atoms with van der Waals surface area (Å²) < 4.78 is 0. The molecule has 1 fully saturated rings. The Morgan fingerprint density at radius 1 is 1.12 bits per heavy atom. The van der Waals surface area contributed by atoms with E-state index in [4.69, 9.17) is 0 Å². The van der Waals surface area contributed by atoms with Crippen LogP contribution in [0.2, 0.25) is 0 Å². The molecule has 0 spiro atoms. The highest BCUT2D eigenvalue weighted by molar-refractivity contribution is 5.92. The van der Waals surface area contributed by atoms with Crippen molar-refractivity contribution in [3.05, 3.63) is 42.0 Å². The molecule has 1 unspecified atom stereocenters. The van der Waals surface area contributed by atoms with Gasteiger partial charge in [0.15, 0.2) is 5.78 Å². The van der Waals surface area contributed by atoms with E-state index in [-0.39, 0.29) is 29.4 Å². The Hall–Kier alpha value is -2.43. The van der Waals surface area contributed by atoms with E-state index in [0.29, 0.717) is 25.9 Å². The second kappa shape index (κ2) is 9.32. The number of hydrogen-bond donors (Lipinski definition) is 1. The van der Waals surface area contributed by atoms with Crippen LogP contribution in [0.3, 0.4) is 0 Å². The van der Waals surface area contributed by atoms with E-state index in [1.54, 1.807) is 17.1 Å². The topological polar surface area (TPSA) is 66.5 Å². The third kappa shape index (κ3) is 5.55. The quantitative estimate of drug-likeness (QED) is 0.797. The van der Waals surface area contributed by atoms with E-state index in [1.807, 2.05) is 44.2 Å². The van der Waals surface area contributed by atoms with Gasteiger partial charge in [-0.1, -0.05) is 44.2 Å². The maximum absolute atomic E-state index is 12.4. The number of piperidine rings is 1. The molecule has 1 N–H and O–H groups in total. The van der Waals surface area contributed by atoms with Crippen LogP contribution in [0.15, 0.2) is 36.4 Å². The van der Waals surface area contributed by atoms with Gasteiger partial charge in [-0.3, -0.25) is 14.4 Å². The van der Waals surface area contributed by atoms with Gasteiger partial charge < -0.3 is 10.2 Å². The van der Waals surface area contributed by atoms with Crippen molar-refractivity contribution in [3.63, 3.8) is 0 Å². The van der Waals surface area contributed by atoms with Crippen LogP contribution < -0.4 is 5.32 Å². The summed E-state index contributed by atoms with van der Waals surface area (Å²) in [6.45, 7) is 6.47. The summed E-state index contributed by atoms with van der Waals surface area (Å²) in [5.41, 5.74) is 0.985. The van der Waals surface area contributed by atoms with Gasteiger partial charge in [0.2, 0.25) is 11.8 Å². The van der Waals surface area contributed by atoms with Gasteiger partial charge in [0.1, 0.15) is 0 Å². The van der Waals surface area contributed by atoms with Crippen molar-refractivity contribution in [1.82, 2.24) is 10.2 Å². The largest absolute Gasteiger partial charge is 0.346 e. The molecule has 0 saturated carbocycles. The molecule has 1 heterocycles. The summed E-state index contributed by atoms with van der Waals surface area (Å²) >= 11 is 0. The number of likely N-dealkylation sites (tertiary alicyclic amines) is 1. The molecule has 5 nitrogen and oxygen atoms in total. The predicted molar refractivity (Wildman–Crippen MR) is 102 cm³/mol. The number of Topliss-reactive ketones (excluding diaryl/α,β-unsaturated/α-hetero) is 1. The molecule has 1 aromatic rings. The summed E-state index contributed by atoms with van der Waals surface area (Å²) in [6, 6.07) is 9.25. The van der Waals surface area contributed by atoms with Crippen LogP contribution in [0.4, 0.5) is 0 Å². The van der Waals surface area contributed by atoms with E-state index in [1.165, 1.54) is 6.92 Å². The number of carbonyl (C=O) groups is 3. The number of amides is 2. The first-order valence-corrected chi connectivity index (χ1v) is 9.21. The fraction of sp³-hybridized carbons (Fsp3) is 0.476. The second-order valence-electron chi connectivity index (χ2n) is 7.18. The van der Waals surface area contributed by atoms with Crippen molar-refractivity contribution in [2.75, 3.05) is 13.1 Å². The fourth-order valence-electron chi connectivity index (χ4n) is 3.21. The van der Waals surface area contributed by atoms with Gasteiger partial charge in [-0.15, -0.1) is 0 Å². The summed E-state index contributed by atoms with van der Waals surface area (Å²) in [7, 11) is 0. The highest BCUT2D eigenvalue weighted by Gasteiger charge is 2.29. The zero-order chi connectivity index (χ0) is 19.1. The van der Waals surface area contributed by atoms with E-state index < -0.39 is 6.04 Å². The Labute approximate surface area is 155 Å². The summed E-state index contributed by atoms with van der Waals surface area (Å²) in [6.07, 6.45) is 4.64. The van der Waals surface area contributed by atoms with Crippen molar-refractivity contribution in [2.24, 2.45) is 11.8 Å². The predicted octanol–water partition coefficient (Wildman–Crippen LogP) is 2.67. The molecular formula is C21H28N2O3. The summed E-state index contributed by atoms with van der Waals surface area (Å²) in [5.74, 6) is -0.201. The van der Waals surface area contributed by atoms with Crippen LogP contribution in [-0.2, 0) is 14.4 Å². The van der Waals surface area contributed by atoms with Crippen molar-refractivity contribution in [2.45, 2.75) is 39.7 Å². The van der Waals surface area contributed by atoms with Gasteiger partial charge in [-0.2, -0.15) is 0 Å². The molecule has 140 valence electrons. The Kier molecular flexibility index (Phi) is 7.13. The fourth-order valence-corrected chi connectivity index (χ4v) is 3.21. The molecule has 1 aromatic carbocycles. The highest BCUT2D eigenvalue weighted by atomic mass is 16.2. The smallest absolute Gasteiger partial charge is 0.246 e. The average Bonchev–Trinajstić information content (AvgIpc) is 2.64. The van der Waals surface area contributed by atoms with Crippen molar-refractivity contribution < 1.29 is 14.4 Å². The number of hydrogen-bond acceptors (Lipinski definition) is 3. The maximum atomic E-state index is 12.4. The molecule has 1 aliphatic heterocycles. The summed E-state index contributed by atoms with van der Waals surface area (Å²) in [4.78, 5) is 38.2. The number of benzene rings is 1. The minimum absolute atomic E-state index is 0.0213. The van der Waals surface area contributed by atoms with Crippen LogP contribution in [0, 0.1) is 11.8 Å². The molecule has 1 aliphatic rings. The molecule has 1 saturated heterocycles.